The molecule has 100 valence electrons. The summed E-state index contributed by atoms with van der Waals surface area (Å²) in [6.45, 7) is 5.55. The van der Waals surface area contributed by atoms with Crippen LogP contribution in [0.25, 0.3) is 0 Å². The first kappa shape index (κ1) is 15.0. The summed E-state index contributed by atoms with van der Waals surface area (Å²) in [6.07, 6.45) is 1.02. The maximum Gasteiger partial charge on any atom is 0.254 e. The second kappa shape index (κ2) is 6.21. The Labute approximate surface area is 115 Å². The van der Waals surface area contributed by atoms with Gasteiger partial charge < -0.3 is 10.6 Å². The van der Waals surface area contributed by atoms with E-state index in [-0.39, 0.29) is 18.3 Å². The number of hydrogen-bond acceptors (Lipinski definition) is 2. The number of benzene rings is 1. The summed E-state index contributed by atoms with van der Waals surface area (Å²) in [5.74, 6) is 0.601. The minimum atomic E-state index is 0. The van der Waals surface area contributed by atoms with Crippen LogP contribution in [0.4, 0.5) is 0 Å². The number of aryl methyl sites for hydroxylation is 1. The number of carbonyl (C=O) groups is 1. The van der Waals surface area contributed by atoms with Gasteiger partial charge in [0.2, 0.25) is 0 Å². The molecule has 1 aliphatic rings. The SMILES string of the molecule is Cc1ccccc1C(=O)N1CC(CN)CC1C.Cl. The lowest BCUT2D eigenvalue weighted by Gasteiger charge is -2.22. The third-order valence-electron chi connectivity index (χ3n) is 3.63. The van der Waals surface area contributed by atoms with Crippen molar-refractivity contribution in [1.82, 2.24) is 4.90 Å². The second-order valence-electron chi connectivity index (χ2n) is 4.96. The monoisotopic (exact) mass is 268 g/mol. The molecule has 1 aromatic carbocycles. The van der Waals surface area contributed by atoms with E-state index in [1.54, 1.807) is 0 Å². The van der Waals surface area contributed by atoms with Crippen molar-refractivity contribution in [2.24, 2.45) is 11.7 Å². The Balaban J connectivity index is 0.00000162. The first-order chi connectivity index (χ1) is 8.13. The van der Waals surface area contributed by atoms with Gasteiger partial charge in [0.15, 0.2) is 0 Å². The highest BCUT2D eigenvalue weighted by Crippen LogP contribution is 2.24. The maximum absolute atomic E-state index is 12.4. The Morgan fingerprint density at radius 1 is 1.44 bits per heavy atom. The van der Waals surface area contributed by atoms with E-state index in [9.17, 15) is 4.79 Å². The van der Waals surface area contributed by atoms with E-state index >= 15 is 0 Å². The van der Waals surface area contributed by atoms with E-state index in [0.29, 0.717) is 18.5 Å². The predicted molar refractivity (Wildman–Crippen MR) is 76.1 cm³/mol. The average Bonchev–Trinajstić information content (AvgIpc) is 2.70. The van der Waals surface area contributed by atoms with Gasteiger partial charge in [-0.3, -0.25) is 4.79 Å². The zero-order valence-corrected chi connectivity index (χ0v) is 11.7. The maximum atomic E-state index is 12.4. The standard InChI is InChI=1S/C14H20N2O.ClH/c1-10-5-3-4-6-13(10)14(17)16-9-12(8-15)7-11(16)2;/h3-6,11-12H,7-9,15H2,1-2H3;1H. The van der Waals surface area contributed by atoms with E-state index < -0.39 is 0 Å². The number of amides is 1. The molecular weight excluding hydrogens is 248 g/mol. The van der Waals surface area contributed by atoms with Crippen LogP contribution in [0.2, 0.25) is 0 Å². The Morgan fingerprint density at radius 3 is 2.67 bits per heavy atom. The molecule has 0 radical (unpaired) electrons. The molecule has 1 saturated heterocycles. The van der Waals surface area contributed by atoms with Crippen LogP contribution in [0.1, 0.15) is 29.3 Å². The van der Waals surface area contributed by atoms with Crippen LogP contribution in [-0.4, -0.2) is 29.9 Å². The highest BCUT2D eigenvalue weighted by Gasteiger charge is 2.32. The summed E-state index contributed by atoms with van der Waals surface area (Å²) < 4.78 is 0. The molecule has 1 aliphatic heterocycles. The van der Waals surface area contributed by atoms with Crippen LogP contribution < -0.4 is 5.73 Å². The van der Waals surface area contributed by atoms with Gasteiger partial charge in [-0.05, 0) is 44.4 Å². The van der Waals surface area contributed by atoms with Crippen LogP contribution >= 0.6 is 12.4 Å². The molecule has 2 N–H and O–H groups in total. The molecule has 3 nitrogen and oxygen atoms in total. The van der Waals surface area contributed by atoms with Gasteiger partial charge in [0.05, 0.1) is 0 Å². The van der Waals surface area contributed by atoms with E-state index in [1.165, 1.54) is 0 Å². The molecule has 0 spiro atoms. The van der Waals surface area contributed by atoms with Gasteiger partial charge in [-0.2, -0.15) is 0 Å². The van der Waals surface area contributed by atoms with Crippen molar-refractivity contribution in [1.29, 1.82) is 0 Å². The second-order valence-corrected chi connectivity index (χ2v) is 4.96. The summed E-state index contributed by atoms with van der Waals surface area (Å²) in [5.41, 5.74) is 7.55. The van der Waals surface area contributed by atoms with Gasteiger partial charge in [-0.25, -0.2) is 0 Å². The molecule has 18 heavy (non-hydrogen) atoms. The first-order valence-corrected chi connectivity index (χ1v) is 6.20. The fourth-order valence-electron chi connectivity index (χ4n) is 2.56. The molecule has 1 aromatic rings. The smallest absolute Gasteiger partial charge is 0.254 e. The molecular formula is C14H21ClN2O. The Hall–Kier alpha value is -1.06. The van der Waals surface area contributed by atoms with E-state index in [2.05, 4.69) is 6.92 Å². The molecule has 2 unspecified atom stereocenters. The fraction of sp³-hybridized carbons (Fsp3) is 0.500. The highest BCUT2D eigenvalue weighted by atomic mass is 35.5. The number of carbonyl (C=O) groups excluding carboxylic acids is 1. The Bertz CT molecular complexity index is 422. The van der Waals surface area contributed by atoms with Crippen LogP contribution in [0.3, 0.4) is 0 Å². The first-order valence-electron chi connectivity index (χ1n) is 6.20. The number of nitrogens with zero attached hydrogens (tertiary/aromatic N) is 1. The lowest BCUT2D eigenvalue weighted by atomic mass is 10.1. The van der Waals surface area contributed by atoms with Crippen molar-refractivity contribution in [2.45, 2.75) is 26.3 Å². The molecule has 0 bridgehead atoms. The molecule has 0 aliphatic carbocycles. The van der Waals surface area contributed by atoms with Gasteiger partial charge in [-0.15, -0.1) is 12.4 Å². The lowest BCUT2D eigenvalue weighted by molar-refractivity contribution is 0.0742. The molecule has 2 atom stereocenters. The van der Waals surface area contributed by atoms with Gasteiger partial charge in [0, 0.05) is 18.2 Å². The number of rotatable bonds is 2. The van der Waals surface area contributed by atoms with Crippen molar-refractivity contribution in [3.8, 4) is 0 Å². The Kier molecular flexibility index (Phi) is 5.17. The van der Waals surface area contributed by atoms with E-state index in [4.69, 9.17) is 5.73 Å². The van der Waals surface area contributed by atoms with Crippen molar-refractivity contribution in [3.05, 3.63) is 35.4 Å². The lowest BCUT2D eigenvalue weighted by Crippen LogP contribution is -2.34. The third kappa shape index (κ3) is 2.85. The van der Waals surface area contributed by atoms with Gasteiger partial charge in [-0.1, -0.05) is 18.2 Å². The quantitative estimate of drug-likeness (QED) is 0.894. The molecule has 0 saturated carbocycles. The topological polar surface area (TPSA) is 46.3 Å². The average molecular weight is 269 g/mol. The van der Waals surface area contributed by atoms with Gasteiger partial charge >= 0.3 is 0 Å². The molecule has 1 heterocycles. The van der Waals surface area contributed by atoms with Crippen molar-refractivity contribution < 1.29 is 4.79 Å². The zero-order chi connectivity index (χ0) is 12.4. The largest absolute Gasteiger partial charge is 0.336 e. The fourth-order valence-corrected chi connectivity index (χ4v) is 2.56. The Morgan fingerprint density at radius 2 is 2.11 bits per heavy atom. The summed E-state index contributed by atoms with van der Waals surface area (Å²) in [7, 11) is 0. The van der Waals surface area contributed by atoms with Crippen LogP contribution in [-0.2, 0) is 0 Å². The summed E-state index contributed by atoms with van der Waals surface area (Å²) in [6, 6.07) is 8.06. The minimum Gasteiger partial charge on any atom is -0.336 e. The normalized spacial score (nSPS) is 22.7. The van der Waals surface area contributed by atoms with E-state index in [1.807, 2.05) is 36.1 Å². The van der Waals surface area contributed by atoms with Crippen molar-refractivity contribution in [2.75, 3.05) is 13.1 Å². The number of halogens is 1. The summed E-state index contributed by atoms with van der Waals surface area (Å²) in [5, 5.41) is 0. The molecule has 4 heteroatoms. The molecule has 0 aromatic heterocycles. The number of nitrogens with two attached hydrogens (primary N) is 1. The van der Waals surface area contributed by atoms with Crippen LogP contribution in [0.15, 0.2) is 24.3 Å². The minimum absolute atomic E-state index is 0. The predicted octanol–water partition coefficient (Wildman–Crippen LogP) is 2.23. The van der Waals surface area contributed by atoms with Gasteiger partial charge in [0.25, 0.3) is 5.91 Å². The van der Waals surface area contributed by atoms with Crippen LogP contribution in [0, 0.1) is 12.8 Å². The number of likely N-dealkylation sites (tertiary alicyclic amines) is 1. The summed E-state index contributed by atoms with van der Waals surface area (Å²) >= 11 is 0. The molecule has 2 rings (SSSR count). The van der Waals surface area contributed by atoms with E-state index in [0.717, 1.165) is 24.1 Å². The molecule has 1 amide bonds. The van der Waals surface area contributed by atoms with Crippen molar-refractivity contribution >= 4 is 18.3 Å². The zero-order valence-electron chi connectivity index (χ0n) is 10.9. The number of hydrogen-bond donors (Lipinski definition) is 1. The highest BCUT2D eigenvalue weighted by molar-refractivity contribution is 5.96. The van der Waals surface area contributed by atoms with Crippen LogP contribution in [0.5, 0.6) is 0 Å². The van der Waals surface area contributed by atoms with Crippen molar-refractivity contribution in [3.63, 3.8) is 0 Å². The van der Waals surface area contributed by atoms with Gasteiger partial charge in [0.1, 0.15) is 0 Å². The summed E-state index contributed by atoms with van der Waals surface area (Å²) in [4.78, 5) is 14.4. The molecule has 1 fully saturated rings. The third-order valence-corrected chi connectivity index (χ3v) is 3.63.